The molecule has 178 valence electrons. The molecule has 32 heavy (non-hydrogen) atoms. The lowest BCUT2D eigenvalue weighted by atomic mass is 10.0. The van der Waals surface area contributed by atoms with Gasteiger partial charge in [0.1, 0.15) is 6.04 Å². The summed E-state index contributed by atoms with van der Waals surface area (Å²) in [5.74, 6) is -1.40. The van der Waals surface area contributed by atoms with E-state index in [9.17, 15) is 14.4 Å². The minimum atomic E-state index is -4.89. The average molecular weight is 472 g/mol. The van der Waals surface area contributed by atoms with Crippen LogP contribution in [-0.4, -0.2) is 50.8 Å². The van der Waals surface area contributed by atoms with Gasteiger partial charge in [0.15, 0.2) is 6.04 Å². The van der Waals surface area contributed by atoms with E-state index in [0.717, 1.165) is 16.5 Å². The van der Waals surface area contributed by atoms with Gasteiger partial charge < -0.3 is 40.8 Å². The molecular weight excluding hydrogens is 443 g/mol. The number of aromatic nitrogens is 1. The molecule has 2 rings (SSSR count). The van der Waals surface area contributed by atoms with Crippen LogP contribution in [0.1, 0.15) is 25.3 Å². The number of phosphoric acid groups is 1. The van der Waals surface area contributed by atoms with Crippen molar-refractivity contribution < 1.29 is 44.1 Å². The van der Waals surface area contributed by atoms with Crippen LogP contribution >= 0.6 is 7.82 Å². The fourth-order valence-corrected chi connectivity index (χ4v) is 2.98. The predicted octanol–water partition coefficient (Wildman–Crippen LogP) is -1.92. The second-order valence-corrected chi connectivity index (χ2v) is 7.97. The van der Waals surface area contributed by atoms with Gasteiger partial charge in [0.05, 0.1) is 6.61 Å². The third-order valence-corrected chi connectivity index (χ3v) is 4.40. The summed E-state index contributed by atoms with van der Waals surface area (Å²) in [6.45, 7) is 1.93. The molecule has 0 aliphatic heterocycles. The molecule has 1 aromatic heterocycles. The monoisotopic (exact) mass is 472 g/mol. The molecule has 0 aliphatic rings. The molecule has 8 N–H and O–H groups in total. The average Bonchev–Trinajstić information content (AvgIpc) is 3.00. The van der Waals surface area contributed by atoms with Crippen LogP contribution in [0.15, 0.2) is 30.5 Å². The number of hydrogen-bond donors (Lipinski definition) is 5. The van der Waals surface area contributed by atoms with Gasteiger partial charge in [-0.1, -0.05) is 18.2 Å². The molecule has 0 bridgehead atoms. The van der Waals surface area contributed by atoms with Gasteiger partial charge in [0, 0.05) is 43.4 Å². The summed E-state index contributed by atoms with van der Waals surface area (Å²) in [5.41, 5.74) is 10.8. The van der Waals surface area contributed by atoms with E-state index in [-0.39, 0.29) is 19.4 Å². The Hall–Kier alpha value is -2.76. The molecule has 2 aromatic rings. The smallest absolute Gasteiger partial charge is 0.328 e. The van der Waals surface area contributed by atoms with Crippen LogP contribution in [0.25, 0.3) is 10.9 Å². The Labute approximate surface area is 184 Å². The minimum absolute atomic E-state index is 0.0645. The van der Waals surface area contributed by atoms with Crippen molar-refractivity contribution >= 4 is 36.5 Å². The van der Waals surface area contributed by atoms with Crippen molar-refractivity contribution in [3.05, 3.63) is 36.0 Å². The van der Waals surface area contributed by atoms with E-state index in [4.69, 9.17) is 29.7 Å². The van der Waals surface area contributed by atoms with Crippen molar-refractivity contribution in [3.63, 3.8) is 0 Å². The lowest BCUT2D eigenvalue weighted by Crippen LogP contribution is -2.68. The number of nitrogens with two attached hydrogens (primary N) is 1. The number of primary amides is 1. The summed E-state index contributed by atoms with van der Waals surface area (Å²) in [6, 6.07) is 6.34. The number of ether oxygens (including phenoxy) is 1. The van der Waals surface area contributed by atoms with E-state index < -0.39 is 37.7 Å². The van der Waals surface area contributed by atoms with Gasteiger partial charge in [-0.05, 0) is 18.6 Å². The van der Waals surface area contributed by atoms with Crippen molar-refractivity contribution in [2.75, 3.05) is 6.61 Å². The summed E-state index contributed by atoms with van der Waals surface area (Å²) < 4.78 is 15.9. The molecule has 12 nitrogen and oxygen atoms in total. The molecule has 0 saturated carbocycles. The third kappa shape index (κ3) is 9.58. The summed E-state index contributed by atoms with van der Waals surface area (Å²) in [7, 11) is -2.96. The number of benzene rings is 1. The predicted molar refractivity (Wildman–Crippen MR) is 112 cm³/mol. The summed E-state index contributed by atoms with van der Waals surface area (Å²) in [6.07, 6.45) is 2.53. The van der Waals surface area contributed by atoms with Gasteiger partial charge in [0.2, 0.25) is 5.91 Å². The summed E-state index contributed by atoms with van der Waals surface area (Å²) in [5, 5.41) is 3.73. The van der Waals surface area contributed by atoms with E-state index in [1.807, 2.05) is 42.1 Å². The van der Waals surface area contributed by atoms with Crippen LogP contribution < -0.4 is 21.7 Å². The van der Waals surface area contributed by atoms with Gasteiger partial charge in [0.25, 0.3) is 13.7 Å². The second kappa shape index (κ2) is 12.3. The maximum absolute atomic E-state index is 12.4. The van der Waals surface area contributed by atoms with Crippen LogP contribution in [0.3, 0.4) is 0 Å². The fraction of sp³-hybridized carbons (Fsp3) is 0.421. The fourth-order valence-electron chi connectivity index (χ4n) is 2.98. The first kappa shape index (κ1) is 27.3. The van der Waals surface area contributed by atoms with E-state index >= 15 is 0 Å². The van der Waals surface area contributed by atoms with E-state index in [0.29, 0.717) is 6.42 Å². The summed E-state index contributed by atoms with van der Waals surface area (Å²) >= 11 is 0. The zero-order valence-electron chi connectivity index (χ0n) is 17.9. The molecule has 13 heteroatoms. The molecule has 0 radical (unpaired) electrons. The quantitative estimate of drug-likeness (QED) is 0.205. The molecule has 0 unspecified atom stereocenters. The zero-order chi connectivity index (χ0) is 24.5. The van der Waals surface area contributed by atoms with Crippen molar-refractivity contribution in [1.29, 1.82) is 0 Å². The molecular formula is C19H29N4O8P. The number of amides is 2. The Morgan fingerprint density at radius 2 is 1.91 bits per heavy atom. The van der Waals surface area contributed by atoms with Crippen molar-refractivity contribution in [2.24, 2.45) is 12.8 Å². The zero-order valence-corrected chi connectivity index (χ0v) is 18.8. The maximum Gasteiger partial charge on any atom is 0.328 e. The highest BCUT2D eigenvalue weighted by molar-refractivity contribution is 7.43. The van der Waals surface area contributed by atoms with E-state index in [2.05, 4.69) is 11.1 Å². The lowest BCUT2D eigenvalue weighted by Gasteiger charge is -2.18. The van der Waals surface area contributed by atoms with Crippen LogP contribution in [-0.2, 0) is 37.2 Å². The van der Waals surface area contributed by atoms with Gasteiger partial charge in [-0.15, -0.1) is 0 Å². The number of para-hydroxylation sites is 1. The number of hydrogen-bond acceptors (Lipinski definition) is 6. The Morgan fingerprint density at radius 3 is 2.47 bits per heavy atom. The Balaban J connectivity index is 0.000000920. The minimum Gasteiger partial charge on any atom is -0.756 e. The molecule has 2 amide bonds. The van der Waals surface area contributed by atoms with Crippen LogP contribution in [0.2, 0.25) is 0 Å². The van der Waals surface area contributed by atoms with Crippen LogP contribution in [0, 0.1) is 0 Å². The number of esters is 1. The number of rotatable bonds is 9. The third-order valence-electron chi connectivity index (χ3n) is 4.40. The number of carbonyl (C=O) groups is 3. The number of carbonyl (C=O) groups excluding carboxylic acids is 3. The number of aryl methyl sites for hydroxylation is 1. The van der Waals surface area contributed by atoms with Gasteiger partial charge in [-0.25, -0.2) is 4.79 Å². The Morgan fingerprint density at radius 1 is 1.31 bits per heavy atom. The van der Waals surface area contributed by atoms with Gasteiger partial charge >= 0.3 is 5.97 Å². The summed E-state index contributed by atoms with van der Waals surface area (Å²) in [4.78, 5) is 58.6. The molecule has 0 saturated heterocycles. The lowest BCUT2D eigenvalue weighted by molar-refractivity contribution is -0.405. The number of fused-ring (bicyclic) bond motifs is 1. The standard InChI is InChI=1S/C19H26N4O4.H3O4P/c1-3-27-19(26)15(22-18(25)14(20)8-9-17(21)24)10-12-11-23(2)16-7-5-4-6-13(12)16;1-5(2,3)4/h4-7,11,14-15H,3,8-10,20H2,1-2H3,(H2,21,24)(H,22,25);(H3,1,2,3,4)/t14-,15+;/m0./s1. The highest BCUT2D eigenvalue weighted by atomic mass is 31.2. The first-order chi connectivity index (χ1) is 14.8. The van der Waals surface area contributed by atoms with E-state index in [1.165, 1.54) is 0 Å². The van der Waals surface area contributed by atoms with Crippen molar-refractivity contribution in [3.8, 4) is 0 Å². The maximum atomic E-state index is 12.4. The highest BCUT2D eigenvalue weighted by Gasteiger charge is 2.28. The highest BCUT2D eigenvalue weighted by Crippen LogP contribution is 2.22. The SMILES string of the molecule is CCOC(=O)[C@@H](Cc1cn(C)c2ccccc12)NC(=O)[C@@H]([NH3+])CCC(N)=O.O=P([O-])(O)O. The van der Waals surface area contributed by atoms with Crippen molar-refractivity contribution in [2.45, 2.75) is 38.3 Å². The Kier molecular flexibility index (Phi) is 10.5. The van der Waals surface area contributed by atoms with E-state index in [1.54, 1.807) is 6.92 Å². The molecule has 1 aromatic carbocycles. The molecule has 2 atom stereocenters. The van der Waals surface area contributed by atoms with Gasteiger partial charge in [-0.3, -0.25) is 14.2 Å². The number of nitrogens with one attached hydrogen (secondary N) is 1. The number of quaternary nitrogens is 1. The first-order valence-electron chi connectivity index (χ1n) is 9.71. The van der Waals surface area contributed by atoms with Crippen LogP contribution in [0.4, 0.5) is 0 Å². The molecule has 1 heterocycles. The van der Waals surface area contributed by atoms with Crippen molar-refractivity contribution in [1.82, 2.24) is 9.88 Å². The Bertz CT molecular complexity index is 979. The second-order valence-electron chi connectivity index (χ2n) is 6.99. The topological polar surface area (TPSA) is 212 Å². The normalized spacial score (nSPS) is 12.9. The first-order valence-corrected chi connectivity index (χ1v) is 11.2. The largest absolute Gasteiger partial charge is 0.756 e. The van der Waals surface area contributed by atoms with Gasteiger partial charge in [-0.2, -0.15) is 0 Å². The van der Waals surface area contributed by atoms with Crippen LogP contribution in [0.5, 0.6) is 0 Å². The number of nitrogens with zero attached hydrogens (tertiary/aromatic N) is 1. The molecule has 0 spiro atoms. The molecule has 0 aliphatic carbocycles. The molecule has 0 fully saturated rings.